The first-order valence-corrected chi connectivity index (χ1v) is 9.98. The molecule has 132 valence electrons. The Morgan fingerprint density at radius 2 is 2.12 bits per heavy atom. The van der Waals surface area contributed by atoms with Crippen LogP contribution < -0.4 is 0 Å². The number of rotatable bonds is 6. The molecule has 0 aromatic carbocycles. The summed E-state index contributed by atoms with van der Waals surface area (Å²) in [5.41, 5.74) is 1.73. The van der Waals surface area contributed by atoms with Crippen molar-refractivity contribution in [3.05, 3.63) is 17.6 Å². The summed E-state index contributed by atoms with van der Waals surface area (Å²) in [5.74, 6) is 1.63. The molecule has 1 unspecified atom stereocenters. The molecule has 0 spiro atoms. The first-order valence-electron chi connectivity index (χ1n) is 8.16. The summed E-state index contributed by atoms with van der Waals surface area (Å²) in [6.45, 7) is 7.54. The number of nitrogens with zero attached hydrogens (tertiary/aromatic N) is 5. The molecule has 3 heterocycles. The lowest BCUT2D eigenvalue weighted by atomic mass is 10.2. The van der Waals surface area contributed by atoms with Crippen LogP contribution in [0.5, 0.6) is 0 Å². The van der Waals surface area contributed by atoms with Gasteiger partial charge in [0, 0.05) is 6.61 Å². The Kier molecular flexibility index (Phi) is 4.73. The third kappa shape index (κ3) is 3.51. The molecular formula is C15H23N5O3S. The summed E-state index contributed by atoms with van der Waals surface area (Å²) < 4.78 is 32.7. The van der Waals surface area contributed by atoms with Crippen LogP contribution in [0.4, 0.5) is 0 Å². The van der Waals surface area contributed by atoms with Crippen LogP contribution in [0.15, 0.2) is 6.07 Å². The Balaban J connectivity index is 1.96. The lowest BCUT2D eigenvalue weighted by Gasteiger charge is -2.13. The summed E-state index contributed by atoms with van der Waals surface area (Å²) >= 11 is 0. The fraction of sp³-hybridized carbons (Fsp3) is 0.667. The second-order valence-electron chi connectivity index (χ2n) is 6.08. The van der Waals surface area contributed by atoms with Crippen molar-refractivity contribution in [1.29, 1.82) is 0 Å². The first-order chi connectivity index (χ1) is 11.4. The summed E-state index contributed by atoms with van der Waals surface area (Å²) in [6, 6.07) is 1.79. The molecule has 1 fully saturated rings. The second kappa shape index (κ2) is 6.64. The molecular weight excluding hydrogens is 330 g/mol. The lowest BCUT2D eigenvalue weighted by molar-refractivity contribution is 0.136. The minimum atomic E-state index is -2.99. The Morgan fingerprint density at radius 3 is 2.79 bits per heavy atom. The molecule has 0 amide bonds. The standard InChI is InChI=1S/C15H23N5O3S/c1-4-23-7-6-19-14(9-11(2)17-19)15-16-12(3)18-20(15)13-5-8-24(21,22)10-13/h9,13H,4-8,10H2,1-3H3. The molecule has 24 heavy (non-hydrogen) atoms. The molecule has 2 aromatic heterocycles. The van der Waals surface area contributed by atoms with Gasteiger partial charge in [-0.3, -0.25) is 4.68 Å². The Hall–Kier alpha value is -1.74. The number of sulfone groups is 1. The summed E-state index contributed by atoms with van der Waals surface area (Å²) in [5, 5.41) is 8.95. The smallest absolute Gasteiger partial charge is 0.177 e. The highest BCUT2D eigenvalue weighted by Crippen LogP contribution is 2.28. The number of aromatic nitrogens is 5. The van der Waals surface area contributed by atoms with Gasteiger partial charge >= 0.3 is 0 Å². The average molecular weight is 353 g/mol. The Bertz CT molecular complexity index is 824. The first kappa shape index (κ1) is 17.1. The van der Waals surface area contributed by atoms with Crippen LogP contribution >= 0.6 is 0 Å². The van der Waals surface area contributed by atoms with E-state index in [0.717, 1.165) is 11.4 Å². The monoisotopic (exact) mass is 353 g/mol. The van der Waals surface area contributed by atoms with Gasteiger partial charge in [0.05, 0.1) is 36.4 Å². The van der Waals surface area contributed by atoms with E-state index in [9.17, 15) is 8.42 Å². The normalized spacial score (nSPS) is 19.9. The molecule has 1 atom stereocenters. The van der Waals surface area contributed by atoms with Crippen molar-refractivity contribution in [2.75, 3.05) is 24.7 Å². The maximum absolute atomic E-state index is 11.8. The van der Waals surface area contributed by atoms with Gasteiger partial charge in [-0.1, -0.05) is 0 Å². The highest BCUT2D eigenvalue weighted by Gasteiger charge is 2.32. The van der Waals surface area contributed by atoms with E-state index in [1.165, 1.54) is 0 Å². The van der Waals surface area contributed by atoms with E-state index in [2.05, 4.69) is 15.2 Å². The number of aryl methyl sites for hydroxylation is 2. The highest BCUT2D eigenvalue weighted by molar-refractivity contribution is 7.91. The Labute approximate surface area is 141 Å². The Morgan fingerprint density at radius 1 is 1.33 bits per heavy atom. The molecule has 0 N–H and O–H groups in total. The SMILES string of the molecule is CCOCCn1nc(C)cc1-c1nc(C)nn1C1CCS(=O)(=O)C1. The topological polar surface area (TPSA) is 91.9 Å². The van der Waals surface area contributed by atoms with Gasteiger partial charge in [0.1, 0.15) is 11.5 Å². The fourth-order valence-corrected chi connectivity index (χ4v) is 4.71. The zero-order valence-electron chi connectivity index (χ0n) is 14.3. The predicted molar refractivity (Wildman–Crippen MR) is 89.5 cm³/mol. The maximum Gasteiger partial charge on any atom is 0.177 e. The molecule has 0 aliphatic carbocycles. The lowest BCUT2D eigenvalue weighted by Crippen LogP contribution is -2.16. The van der Waals surface area contributed by atoms with Crippen LogP contribution in [0.2, 0.25) is 0 Å². The summed E-state index contributed by atoms with van der Waals surface area (Å²) in [4.78, 5) is 4.53. The maximum atomic E-state index is 11.8. The zero-order valence-corrected chi connectivity index (χ0v) is 15.1. The van der Waals surface area contributed by atoms with E-state index in [1.807, 2.05) is 31.5 Å². The van der Waals surface area contributed by atoms with Crippen LogP contribution in [0.25, 0.3) is 11.5 Å². The average Bonchev–Trinajstić information content (AvgIpc) is 3.16. The van der Waals surface area contributed by atoms with Gasteiger partial charge in [-0.2, -0.15) is 10.2 Å². The van der Waals surface area contributed by atoms with Crippen molar-refractivity contribution in [1.82, 2.24) is 24.5 Å². The largest absolute Gasteiger partial charge is 0.380 e. The minimum Gasteiger partial charge on any atom is -0.380 e. The van der Waals surface area contributed by atoms with Crippen LogP contribution in [-0.4, -0.2) is 57.7 Å². The molecule has 8 nitrogen and oxygen atoms in total. The highest BCUT2D eigenvalue weighted by atomic mass is 32.2. The number of hydrogen-bond donors (Lipinski definition) is 0. The molecule has 0 radical (unpaired) electrons. The van der Waals surface area contributed by atoms with Gasteiger partial charge in [-0.05, 0) is 33.3 Å². The van der Waals surface area contributed by atoms with Crippen LogP contribution in [0, 0.1) is 13.8 Å². The van der Waals surface area contributed by atoms with Gasteiger partial charge in [0.2, 0.25) is 0 Å². The van der Waals surface area contributed by atoms with Gasteiger partial charge in [0.25, 0.3) is 0 Å². The van der Waals surface area contributed by atoms with Gasteiger partial charge in [-0.15, -0.1) is 0 Å². The third-order valence-corrected chi connectivity index (χ3v) is 5.82. The van der Waals surface area contributed by atoms with Crippen molar-refractivity contribution in [2.24, 2.45) is 0 Å². The zero-order chi connectivity index (χ0) is 17.3. The van der Waals surface area contributed by atoms with Crippen molar-refractivity contribution in [3.63, 3.8) is 0 Å². The second-order valence-corrected chi connectivity index (χ2v) is 8.30. The van der Waals surface area contributed by atoms with Crippen LogP contribution in [0.1, 0.15) is 30.9 Å². The van der Waals surface area contributed by atoms with Crippen molar-refractivity contribution < 1.29 is 13.2 Å². The molecule has 1 saturated heterocycles. The van der Waals surface area contributed by atoms with Crippen molar-refractivity contribution in [3.8, 4) is 11.5 Å². The quantitative estimate of drug-likeness (QED) is 0.724. The molecule has 1 aliphatic heterocycles. The molecule has 9 heteroatoms. The van der Waals surface area contributed by atoms with E-state index in [0.29, 0.717) is 37.8 Å². The minimum absolute atomic E-state index is 0.120. The number of hydrogen-bond acceptors (Lipinski definition) is 6. The van der Waals surface area contributed by atoms with Gasteiger partial charge in [-0.25, -0.2) is 18.1 Å². The third-order valence-electron chi connectivity index (χ3n) is 4.07. The van der Waals surface area contributed by atoms with Crippen molar-refractivity contribution >= 4 is 9.84 Å². The number of ether oxygens (including phenoxy) is 1. The van der Waals surface area contributed by atoms with Crippen LogP contribution in [0.3, 0.4) is 0 Å². The molecule has 1 aliphatic rings. The van der Waals surface area contributed by atoms with Gasteiger partial charge < -0.3 is 4.74 Å². The molecule has 3 rings (SSSR count). The van der Waals surface area contributed by atoms with E-state index in [-0.39, 0.29) is 17.5 Å². The van der Waals surface area contributed by atoms with Gasteiger partial charge in [0.15, 0.2) is 15.7 Å². The van der Waals surface area contributed by atoms with Crippen LogP contribution in [-0.2, 0) is 21.1 Å². The van der Waals surface area contributed by atoms with E-state index >= 15 is 0 Å². The summed E-state index contributed by atoms with van der Waals surface area (Å²) in [7, 11) is -2.99. The van der Waals surface area contributed by atoms with E-state index in [4.69, 9.17) is 4.74 Å². The molecule has 0 bridgehead atoms. The molecule has 2 aromatic rings. The predicted octanol–water partition coefficient (Wildman–Crippen LogP) is 1.15. The fourth-order valence-electron chi connectivity index (χ4n) is 3.02. The van der Waals surface area contributed by atoms with E-state index in [1.54, 1.807) is 4.68 Å². The van der Waals surface area contributed by atoms with E-state index < -0.39 is 9.84 Å². The molecule has 0 saturated carbocycles. The summed E-state index contributed by atoms with van der Waals surface area (Å²) in [6.07, 6.45) is 0.574. The van der Waals surface area contributed by atoms with Crippen molar-refractivity contribution in [2.45, 2.75) is 39.8 Å².